The zero-order valence-electron chi connectivity index (χ0n) is 10.2. The van der Waals surface area contributed by atoms with Crippen LogP contribution < -0.4 is 11.5 Å². The Labute approximate surface area is 92.7 Å². The molecule has 0 spiro atoms. The number of nitrogen functional groups attached to an aromatic ring is 2. The van der Waals surface area contributed by atoms with Crippen molar-refractivity contribution in [1.82, 2.24) is 0 Å². The Bertz CT molecular complexity index is 343. The molecule has 0 saturated heterocycles. The van der Waals surface area contributed by atoms with Gasteiger partial charge in [-0.15, -0.1) is 0 Å². The Morgan fingerprint density at radius 1 is 1.00 bits per heavy atom. The van der Waals surface area contributed by atoms with Gasteiger partial charge in [-0.3, -0.25) is 0 Å². The molecule has 0 bridgehead atoms. The van der Waals surface area contributed by atoms with Crippen molar-refractivity contribution < 1.29 is 0 Å². The van der Waals surface area contributed by atoms with Crippen LogP contribution in [0.15, 0.2) is 12.1 Å². The average Bonchev–Trinajstić information content (AvgIpc) is 2.16. The molecule has 0 aliphatic rings. The SMILES string of the molecule is CCC(C)c1cc(C(C)C)c(N)cc1N. The molecule has 84 valence electrons. The highest BCUT2D eigenvalue weighted by Gasteiger charge is 2.12. The fourth-order valence-corrected chi connectivity index (χ4v) is 1.82. The largest absolute Gasteiger partial charge is 0.398 e. The summed E-state index contributed by atoms with van der Waals surface area (Å²) in [5.41, 5.74) is 16.0. The predicted octanol–water partition coefficient (Wildman–Crippen LogP) is 3.49. The summed E-state index contributed by atoms with van der Waals surface area (Å²) in [4.78, 5) is 0. The van der Waals surface area contributed by atoms with Crippen molar-refractivity contribution in [2.24, 2.45) is 0 Å². The average molecular weight is 206 g/mol. The fourth-order valence-electron chi connectivity index (χ4n) is 1.82. The second-order valence-electron chi connectivity index (χ2n) is 4.57. The molecule has 0 aliphatic heterocycles. The summed E-state index contributed by atoms with van der Waals surface area (Å²) in [6.45, 7) is 8.69. The van der Waals surface area contributed by atoms with Gasteiger partial charge in [-0.2, -0.15) is 0 Å². The summed E-state index contributed by atoms with van der Waals surface area (Å²) in [6.07, 6.45) is 1.10. The summed E-state index contributed by atoms with van der Waals surface area (Å²) in [6, 6.07) is 4.07. The lowest BCUT2D eigenvalue weighted by molar-refractivity contribution is 0.732. The number of rotatable bonds is 3. The topological polar surface area (TPSA) is 52.0 Å². The van der Waals surface area contributed by atoms with E-state index in [0.717, 1.165) is 17.8 Å². The molecule has 1 unspecified atom stereocenters. The third kappa shape index (κ3) is 2.44. The van der Waals surface area contributed by atoms with Crippen molar-refractivity contribution in [3.05, 3.63) is 23.3 Å². The van der Waals surface area contributed by atoms with Crippen LogP contribution in [0.2, 0.25) is 0 Å². The van der Waals surface area contributed by atoms with E-state index in [2.05, 4.69) is 33.8 Å². The van der Waals surface area contributed by atoms with E-state index in [-0.39, 0.29) is 0 Å². The normalized spacial score (nSPS) is 13.1. The van der Waals surface area contributed by atoms with E-state index in [4.69, 9.17) is 11.5 Å². The molecule has 0 heterocycles. The van der Waals surface area contributed by atoms with Crippen LogP contribution in [0.5, 0.6) is 0 Å². The molecule has 1 rings (SSSR count). The Morgan fingerprint density at radius 2 is 1.53 bits per heavy atom. The molecule has 2 heteroatoms. The Morgan fingerprint density at radius 3 is 2.00 bits per heavy atom. The lowest BCUT2D eigenvalue weighted by atomic mass is 9.91. The molecule has 1 aromatic rings. The number of hydrogen-bond acceptors (Lipinski definition) is 2. The van der Waals surface area contributed by atoms with E-state index in [9.17, 15) is 0 Å². The molecule has 0 aliphatic carbocycles. The van der Waals surface area contributed by atoms with Crippen molar-refractivity contribution >= 4 is 11.4 Å². The standard InChI is InChI=1S/C13H22N2/c1-5-9(4)11-6-10(8(2)3)12(14)7-13(11)15/h6-9H,5,14-15H2,1-4H3. The molecule has 4 N–H and O–H groups in total. The molecule has 0 fully saturated rings. The second kappa shape index (κ2) is 4.56. The lowest BCUT2D eigenvalue weighted by Gasteiger charge is -2.17. The second-order valence-corrected chi connectivity index (χ2v) is 4.57. The highest BCUT2D eigenvalue weighted by Crippen LogP contribution is 2.32. The maximum Gasteiger partial charge on any atom is 0.0370 e. The highest BCUT2D eigenvalue weighted by molar-refractivity contribution is 5.62. The van der Waals surface area contributed by atoms with Crippen molar-refractivity contribution in [2.75, 3.05) is 11.5 Å². The van der Waals surface area contributed by atoms with Gasteiger partial charge in [0.2, 0.25) is 0 Å². The summed E-state index contributed by atoms with van der Waals surface area (Å²) in [5.74, 6) is 0.955. The highest BCUT2D eigenvalue weighted by atomic mass is 14.6. The number of anilines is 2. The number of hydrogen-bond donors (Lipinski definition) is 2. The van der Waals surface area contributed by atoms with Gasteiger partial charge >= 0.3 is 0 Å². The van der Waals surface area contributed by atoms with Crippen molar-refractivity contribution in [2.45, 2.75) is 46.0 Å². The third-order valence-electron chi connectivity index (χ3n) is 3.05. The van der Waals surface area contributed by atoms with E-state index in [1.54, 1.807) is 0 Å². The molecular weight excluding hydrogens is 184 g/mol. The van der Waals surface area contributed by atoms with E-state index in [1.807, 2.05) is 6.07 Å². The minimum Gasteiger partial charge on any atom is -0.398 e. The molecule has 0 saturated carbocycles. The van der Waals surface area contributed by atoms with Crippen LogP contribution in [0.4, 0.5) is 11.4 Å². The van der Waals surface area contributed by atoms with Crippen LogP contribution >= 0.6 is 0 Å². The summed E-state index contributed by atoms with van der Waals surface area (Å²) in [5, 5.41) is 0. The molecule has 1 aromatic carbocycles. The maximum atomic E-state index is 5.99. The van der Waals surface area contributed by atoms with Gasteiger partial charge in [0.05, 0.1) is 0 Å². The molecule has 0 radical (unpaired) electrons. The smallest absolute Gasteiger partial charge is 0.0370 e. The van der Waals surface area contributed by atoms with Gasteiger partial charge in [0.1, 0.15) is 0 Å². The van der Waals surface area contributed by atoms with Gasteiger partial charge in [0.25, 0.3) is 0 Å². The number of benzene rings is 1. The molecule has 15 heavy (non-hydrogen) atoms. The van der Waals surface area contributed by atoms with Crippen molar-refractivity contribution in [1.29, 1.82) is 0 Å². The van der Waals surface area contributed by atoms with E-state index in [0.29, 0.717) is 11.8 Å². The van der Waals surface area contributed by atoms with Gasteiger partial charge in [-0.05, 0) is 35.4 Å². The van der Waals surface area contributed by atoms with Crippen LogP contribution in [-0.2, 0) is 0 Å². The third-order valence-corrected chi connectivity index (χ3v) is 3.05. The first-order chi connectivity index (χ1) is 6.97. The zero-order valence-corrected chi connectivity index (χ0v) is 10.2. The maximum absolute atomic E-state index is 5.99. The van der Waals surface area contributed by atoms with E-state index < -0.39 is 0 Å². The summed E-state index contributed by atoms with van der Waals surface area (Å²) >= 11 is 0. The minimum absolute atomic E-state index is 0.452. The van der Waals surface area contributed by atoms with Gasteiger partial charge in [-0.1, -0.05) is 33.8 Å². The quantitative estimate of drug-likeness (QED) is 0.744. The minimum atomic E-state index is 0.452. The zero-order chi connectivity index (χ0) is 11.6. The molecule has 1 atom stereocenters. The van der Waals surface area contributed by atoms with Crippen LogP contribution in [0, 0.1) is 0 Å². The van der Waals surface area contributed by atoms with Crippen LogP contribution in [0.25, 0.3) is 0 Å². The van der Waals surface area contributed by atoms with Crippen LogP contribution in [-0.4, -0.2) is 0 Å². The van der Waals surface area contributed by atoms with Crippen molar-refractivity contribution in [3.63, 3.8) is 0 Å². The summed E-state index contributed by atoms with van der Waals surface area (Å²) < 4.78 is 0. The summed E-state index contributed by atoms with van der Waals surface area (Å²) in [7, 11) is 0. The van der Waals surface area contributed by atoms with Gasteiger partial charge in [0.15, 0.2) is 0 Å². The van der Waals surface area contributed by atoms with Gasteiger partial charge in [0, 0.05) is 11.4 Å². The number of nitrogens with two attached hydrogens (primary N) is 2. The lowest BCUT2D eigenvalue weighted by Crippen LogP contribution is -2.04. The van der Waals surface area contributed by atoms with Gasteiger partial charge in [-0.25, -0.2) is 0 Å². The van der Waals surface area contributed by atoms with Crippen LogP contribution in [0.3, 0.4) is 0 Å². The molecule has 0 amide bonds. The fraction of sp³-hybridized carbons (Fsp3) is 0.538. The van der Waals surface area contributed by atoms with Crippen LogP contribution in [0.1, 0.15) is 57.1 Å². The molecule has 0 aromatic heterocycles. The molecule has 2 nitrogen and oxygen atoms in total. The Balaban J connectivity index is 3.23. The Kier molecular flexibility index (Phi) is 3.61. The van der Waals surface area contributed by atoms with E-state index >= 15 is 0 Å². The van der Waals surface area contributed by atoms with Gasteiger partial charge < -0.3 is 11.5 Å². The van der Waals surface area contributed by atoms with Crippen molar-refractivity contribution in [3.8, 4) is 0 Å². The first kappa shape index (κ1) is 11.9. The van der Waals surface area contributed by atoms with E-state index in [1.165, 1.54) is 11.1 Å². The molecular formula is C13H22N2. The first-order valence-electron chi connectivity index (χ1n) is 5.66. The predicted molar refractivity (Wildman–Crippen MR) is 68.1 cm³/mol. The first-order valence-corrected chi connectivity index (χ1v) is 5.66. The Hall–Kier alpha value is -1.18. The monoisotopic (exact) mass is 206 g/mol.